The third kappa shape index (κ3) is 13.5. The van der Waals surface area contributed by atoms with E-state index in [-0.39, 0.29) is 5.41 Å². The van der Waals surface area contributed by atoms with Gasteiger partial charge in [0.2, 0.25) is 0 Å². The number of benzene rings is 11. The summed E-state index contributed by atoms with van der Waals surface area (Å²) in [6, 6.07) is 95.3. The van der Waals surface area contributed by atoms with Gasteiger partial charge in [0, 0.05) is 56.0 Å². The van der Waals surface area contributed by atoms with Crippen molar-refractivity contribution >= 4 is 55.9 Å². The number of rotatable bonds is 28. The fourth-order valence-corrected chi connectivity index (χ4v) is 15.2. The molecular formula is C90H93N3. The quantitative estimate of drug-likeness (QED) is 0.0453. The van der Waals surface area contributed by atoms with Gasteiger partial charge >= 0.3 is 0 Å². The molecule has 1 aliphatic carbocycles. The van der Waals surface area contributed by atoms with E-state index in [0.717, 1.165) is 39.8 Å². The Morgan fingerprint density at radius 2 is 0.699 bits per heavy atom. The molecule has 0 bridgehead atoms. The molecule has 3 nitrogen and oxygen atoms in total. The molecule has 0 amide bonds. The van der Waals surface area contributed by atoms with Crippen LogP contribution in [0.15, 0.2) is 255 Å². The van der Waals surface area contributed by atoms with Crippen LogP contribution in [0.4, 0.5) is 34.1 Å². The maximum atomic E-state index is 2.65. The molecule has 1 aliphatic rings. The van der Waals surface area contributed by atoms with Crippen LogP contribution in [0.2, 0.25) is 0 Å². The lowest BCUT2D eigenvalue weighted by Gasteiger charge is -2.33. The van der Waals surface area contributed by atoms with E-state index >= 15 is 0 Å². The second-order valence-corrected chi connectivity index (χ2v) is 26.7. The van der Waals surface area contributed by atoms with E-state index in [1.165, 1.54) is 199 Å². The number of hydrogen-bond acceptors (Lipinski definition) is 2. The number of anilines is 6. The zero-order valence-electron chi connectivity index (χ0n) is 55.8. The van der Waals surface area contributed by atoms with Gasteiger partial charge in [0.25, 0.3) is 0 Å². The van der Waals surface area contributed by atoms with E-state index in [9.17, 15) is 0 Å². The van der Waals surface area contributed by atoms with Crippen molar-refractivity contribution in [2.24, 2.45) is 0 Å². The minimum Gasteiger partial charge on any atom is -0.311 e. The summed E-state index contributed by atoms with van der Waals surface area (Å²) in [5, 5.41) is 2.49. The lowest BCUT2D eigenvalue weighted by molar-refractivity contribution is 0.397. The van der Waals surface area contributed by atoms with Gasteiger partial charge in [-0.25, -0.2) is 0 Å². The highest BCUT2D eigenvalue weighted by Gasteiger charge is 2.43. The Morgan fingerprint density at radius 3 is 1.24 bits per heavy atom. The van der Waals surface area contributed by atoms with Gasteiger partial charge in [-0.3, -0.25) is 0 Å². The van der Waals surface area contributed by atoms with Crippen molar-refractivity contribution in [3.05, 3.63) is 283 Å². The molecule has 13 rings (SSSR count). The van der Waals surface area contributed by atoms with E-state index in [0.29, 0.717) is 0 Å². The Kier molecular flexibility index (Phi) is 19.7. The van der Waals surface area contributed by atoms with Crippen LogP contribution in [-0.2, 0) is 5.41 Å². The SMILES string of the molecule is CCCCCCCCCCC1(CCCCCCCCCC)c2cc(C)ccc2-c2cc(C)c(-c3ccc(N(c4ccc(C)cc4)c4ccc(-c5ccc6c7ccccc7n(-c7ccc(-c8ccc(N(c9ccccc9)c9ccccc9)cc8)cc7)c6c5)cc4)cc3)cc21. The molecule has 0 saturated carbocycles. The molecule has 3 heteroatoms. The van der Waals surface area contributed by atoms with Gasteiger partial charge in [-0.1, -0.05) is 279 Å². The Balaban J connectivity index is 0.781. The monoisotopic (exact) mass is 1220 g/mol. The minimum atomic E-state index is 0.0281. The average molecular weight is 1220 g/mol. The molecular weight excluding hydrogens is 1120 g/mol. The Bertz CT molecular complexity index is 4340. The number of para-hydroxylation sites is 3. The summed E-state index contributed by atoms with van der Waals surface area (Å²) in [6.45, 7) is 11.5. The van der Waals surface area contributed by atoms with Gasteiger partial charge in [-0.2, -0.15) is 0 Å². The van der Waals surface area contributed by atoms with Crippen molar-refractivity contribution in [1.29, 1.82) is 0 Å². The summed E-state index contributed by atoms with van der Waals surface area (Å²) in [5.41, 5.74) is 27.8. The lowest BCUT2D eigenvalue weighted by Crippen LogP contribution is -2.26. The first kappa shape index (κ1) is 62.6. The first-order valence-electron chi connectivity index (χ1n) is 35.3. The average Bonchev–Trinajstić information content (AvgIpc) is 1.58. The highest BCUT2D eigenvalue weighted by Crippen LogP contribution is 2.56. The van der Waals surface area contributed by atoms with Crippen molar-refractivity contribution in [3.8, 4) is 50.2 Å². The molecule has 0 atom stereocenters. The third-order valence-corrected chi connectivity index (χ3v) is 20.2. The Hall–Kier alpha value is -9.18. The van der Waals surface area contributed by atoms with Gasteiger partial charge in [-0.05, 0) is 198 Å². The summed E-state index contributed by atoms with van der Waals surface area (Å²) in [7, 11) is 0. The van der Waals surface area contributed by atoms with Crippen LogP contribution in [0.25, 0.3) is 72.0 Å². The maximum Gasteiger partial charge on any atom is 0.0547 e. The van der Waals surface area contributed by atoms with E-state index in [2.05, 4.69) is 304 Å². The number of aryl methyl sites for hydroxylation is 3. The Labute approximate surface area is 555 Å². The zero-order valence-corrected chi connectivity index (χ0v) is 55.8. The molecule has 0 unspecified atom stereocenters. The molecule has 0 fully saturated rings. The molecule has 1 aromatic heterocycles. The number of aromatic nitrogens is 1. The van der Waals surface area contributed by atoms with E-state index in [4.69, 9.17) is 0 Å². The molecule has 1 heterocycles. The zero-order chi connectivity index (χ0) is 63.5. The van der Waals surface area contributed by atoms with E-state index < -0.39 is 0 Å². The second kappa shape index (κ2) is 29.2. The largest absolute Gasteiger partial charge is 0.311 e. The topological polar surface area (TPSA) is 11.4 Å². The molecule has 11 aromatic carbocycles. The molecule has 0 N–H and O–H groups in total. The van der Waals surface area contributed by atoms with Gasteiger partial charge < -0.3 is 14.4 Å². The first-order valence-corrected chi connectivity index (χ1v) is 35.3. The van der Waals surface area contributed by atoms with Crippen molar-refractivity contribution < 1.29 is 0 Å². The second-order valence-electron chi connectivity index (χ2n) is 26.7. The molecule has 0 spiro atoms. The summed E-state index contributed by atoms with van der Waals surface area (Å²) < 4.78 is 2.44. The van der Waals surface area contributed by atoms with E-state index in [1.807, 2.05) is 0 Å². The smallest absolute Gasteiger partial charge is 0.0547 e. The summed E-state index contributed by atoms with van der Waals surface area (Å²) in [5.74, 6) is 0. The van der Waals surface area contributed by atoms with E-state index in [1.54, 1.807) is 11.1 Å². The predicted molar refractivity (Wildman–Crippen MR) is 401 cm³/mol. The molecule has 0 saturated heterocycles. The summed E-state index contributed by atoms with van der Waals surface area (Å²) >= 11 is 0. The van der Waals surface area contributed by atoms with Crippen molar-refractivity contribution in [3.63, 3.8) is 0 Å². The van der Waals surface area contributed by atoms with Crippen molar-refractivity contribution in [1.82, 2.24) is 4.57 Å². The van der Waals surface area contributed by atoms with Crippen LogP contribution in [-0.4, -0.2) is 4.57 Å². The van der Waals surface area contributed by atoms with Crippen LogP contribution in [0, 0.1) is 20.8 Å². The Morgan fingerprint density at radius 1 is 0.290 bits per heavy atom. The molecule has 93 heavy (non-hydrogen) atoms. The van der Waals surface area contributed by atoms with Crippen LogP contribution in [0.5, 0.6) is 0 Å². The molecule has 468 valence electrons. The highest BCUT2D eigenvalue weighted by atomic mass is 15.1. The number of unbranched alkanes of at least 4 members (excludes halogenated alkanes) is 14. The number of fused-ring (bicyclic) bond motifs is 6. The first-order chi connectivity index (χ1) is 45.8. The van der Waals surface area contributed by atoms with Crippen LogP contribution in [0.1, 0.15) is 157 Å². The standard InChI is InChI=1S/C90H93N3/c1-6-8-10-12-14-16-18-28-60-90(61-29-19-17-15-13-11-9-7-2)86-62-67(4)38-58-81(86)85-63-68(5)84(65-87(85)90)72-45-56-79(57-46-72)92(76-48-36-66(3)37-49-76)78-52-43-71(44-53-78)73-47-59-83-82-34-26-27-35-88(82)93(89(83)64-73)80-54-41-70(42-55-80)69-39-50-77(51-40-69)91(74-30-22-20-23-31-74)75-32-24-21-25-33-75/h20-27,30-59,62-65H,6-19,28-29,60-61H2,1-5H3. The van der Waals surface area contributed by atoms with Crippen molar-refractivity contribution in [2.45, 2.75) is 156 Å². The fourth-order valence-electron chi connectivity index (χ4n) is 15.2. The third-order valence-electron chi connectivity index (χ3n) is 20.2. The molecule has 0 aliphatic heterocycles. The summed E-state index contributed by atoms with van der Waals surface area (Å²) in [4.78, 5) is 4.73. The highest BCUT2D eigenvalue weighted by molar-refractivity contribution is 6.10. The van der Waals surface area contributed by atoms with Crippen LogP contribution >= 0.6 is 0 Å². The summed E-state index contributed by atoms with van der Waals surface area (Å²) in [6.07, 6.45) is 24.0. The predicted octanol–water partition coefficient (Wildman–Crippen LogP) is 27.0. The molecule has 12 aromatic rings. The van der Waals surface area contributed by atoms with Gasteiger partial charge in [-0.15, -0.1) is 0 Å². The lowest BCUT2D eigenvalue weighted by atomic mass is 9.70. The normalized spacial score (nSPS) is 12.4. The van der Waals surface area contributed by atoms with Crippen LogP contribution in [0.3, 0.4) is 0 Å². The number of hydrogen-bond donors (Lipinski definition) is 0. The van der Waals surface area contributed by atoms with Gasteiger partial charge in [0.1, 0.15) is 0 Å². The van der Waals surface area contributed by atoms with Gasteiger partial charge in [0.05, 0.1) is 11.0 Å². The van der Waals surface area contributed by atoms with Crippen LogP contribution < -0.4 is 9.80 Å². The fraction of sp³-hybridized carbons (Fsp3) is 0.267. The molecule has 0 radical (unpaired) electrons. The number of nitrogens with zero attached hydrogens (tertiary/aromatic N) is 3. The van der Waals surface area contributed by atoms with Gasteiger partial charge in [0.15, 0.2) is 0 Å². The maximum absolute atomic E-state index is 2.65. The van der Waals surface area contributed by atoms with Crippen molar-refractivity contribution in [2.75, 3.05) is 9.80 Å². The minimum absolute atomic E-state index is 0.0281.